The van der Waals surface area contributed by atoms with Crippen LogP contribution in [0, 0.1) is 0 Å². The zero-order valence-corrected chi connectivity index (χ0v) is 9.91. The Morgan fingerprint density at radius 1 is 1.40 bits per heavy atom. The van der Waals surface area contributed by atoms with Crippen LogP contribution in [-0.4, -0.2) is 18.2 Å². The van der Waals surface area contributed by atoms with Gasteiger partial charge in [0.1, 0.15) is 0 Å². The molecule has 2 rings (SSSR count). The third-order valence-corrected chi connectivity index (χ3v) is 3.94. The minimum Gasteiger partial charge on any atom is -0.392 e. The molecule has 0 bridgehead atoms. The summed E-state index contributed by atoms with van der Waals surface area (Å²) in [6.45, 7) is 6.92. The van der Waals surface area contributed by atoms with E-state index in [1.807, 2.05) is 6.07 Å². The third-order valence-electron chi connectivity index (χ3n) is 3.94. The average Bonchev–Trinajstić information content (AvgIpc) is 2.40. The second kappa shape index (κ2) is 3.24. The summed E-state index contributed by atoms with van der Waals surface area (Å²) < 4.78 is 0. The van der Waals surface area contributed by atoms with E-state index < -0.39 is 0 Å². The first kappa shape index (κ1) is 10.5. The van der Waals surface area contributed by atoms with Gasteiger partial charge in [0, 0.05) is 24.2 Å². The van der Waals surface area contributed by atoms with E-state index >= 15 is 0 Å². The van der Waals surface area contributed by atoms with E-state index in [-0.39, 0.29) is 12.0 Å². The van der Waals surface area contributed by atoms with Crippen molar-refractivity contribution in [2.75, 3.05) is 11.9 Å². The maximum atomic E-state index is 9.13. The standard InChI is InChI=1S/C13H19NO/c1-9-13(2,3)11-6-5-10(8-15)7-12(11)14(9)4/h5-7,9,15H,8H2,1-4H3/t9-/m1/s1. The van der Waals surface area contributed by atoms with E-state index in [2.05, 4.69) is 44.9 Å². The largest absolute Gasteiger partial charge is 0.392 e. The lowest BCUT2D eigenvalue weighted by Gasteiger charge is -2.28. The molecule has 1 aromatic carbocycles. The Morgan fingerprint density at radius 2 is 2.07 bits per heavy atom. The first-order valence-corrected chi connectivity index (χ1v) is 5.45. The molecule has 0 unspecified atom stereocenters. The molecule has 1 aromatic rings. The van der Waals surface area contributed by atoms with Crippen LogP contribution in [0.3, 0.4) is 0 Å². The lowest BCUT2D eigenvalue weighted by Crippen LogP contribution is -2.36. The van der Waals surface area contributed by atoms with Gasteiger partial charge in [-0.1, -0.05) is 26.0 Å². The van der Waals surface area contributed by atoms with Crippen molar-refractivity contribution in [3.8, 4) is 0 Å². The van der Waals surface area contributed by atoms with Crippen LogP contribution in [0.15, 0.2) is 18.2 Å². The summed E-state index contributed by atoms with van der Waals surface area (Å²) >= 11 is 0. The lowest BCUT2D eigenvalue weighted by atomic mass is 9.81. The first-order chi connectivity index (χ1) is 6.98. The Labute approximate surface area is 91.5 Å². The molecule has 0 radical (unpaired) electrons. The molecule has 0 aliphatic carbocycles. The Balaban J connectivity index is 2.56. The van der Waals surface area contributed by atoms with Crippen molar-refractivity contribution < 1.29 is 5.11 Å². The van der Waals surface area contributed by atoms with E-state index in [1.54, 1.807) is 0 Å². The molecule has 82 valence electrons. The number of fused-ring (bicyclic) bond motifs is 1. The van der Waals surface area contributed by atoms with E-state index in [9.17, 15) is 0 Å². The predicted octanol–water partition coefficient (Wildman–Crippen LogP) is 2.29. The summed E-state index contributed by atoms with van der Waals surface area (Å²) in [4.78, 5) is 2.30. The van der Waals surface area contributed by atoms with Crippen molar-refractivity contribution in [3.63, 3.8) is 0 Å². The molecule has 2 heteroatoms. The van der Waals surface area contributed by atoms with Crippen molar-refractivity contribution in [3.05, 3.63) is 29.3 Å². The van der Waals surface area contributed by atoms with Crippen LogP contribution in [0.1, 0.15) is 31.9 Å². The number of rotatable bonds is 1. The van der Waals surface area contributed by atoms with Crippen LogP contribution >= 0.6 is 0 Å². The molecule has 1 heterocycles. The van der Waals surface area contributed by atoms with Crippen molar-refractivity contribution in [1.82, 2.24) is 0 Å². The van der Waals surface area contributed by atoms with Crippen molar-refractivity contribution in [2.24, 2.45) is 0 Å². The smallest absolute Gasteiger partial charge is 0.0682 e. The monoisotopic (exact) mass is 205 g/mol. The number of aliphatic hydroxyl groups excluding tert-OH is 1. The summed E-state index contributed by atoms with van der Waals surface area (Å²) in [6, 6.07) is 6.77. The highest BCUT2D eigenvalue weighted by molar-refractivity contribution is 5.64. The second-order valence-electron chi connectivity index (χ2n) is 5.02. The van der Waals surface area contributed by atoms with E-state index in [0.717, 1.165) is 5.56 Å². The van der Waals surface area contributed by atoms with Gasteiger partial charge < -0.3 is 10.0 Å². The highest BCUT2D eigenvalue weighted by Gasteiger charge is 2.39. The van der Waals surface area contributed by atoms with Crippen LogP contribution in [0.25, 0.3) is 0 Å². The van der Waals surface area contributed by atoms with E-state index in [1.165, 1.54) is 11.3 Å². The summed E-state index contributed by atoms with van der Waals surface area (Å²) in [5.41, 5.74) is 3.83. The number of likely N-dealkylation sites (N-methyl/N-ethyl adjacent to an activating group) is 1. The van der Waals surface area contributed by atoms with Gasteiger partial charge in [-0.25, -0.2) is 0 Å². The van der Waals surface area contributed by atoms with Crippen LogP contribution in [0.4, 0.5) is 5.69 Å². The van der Waals surface area contributed by atoms with Gasteiger partial charge in [-0.15, -0.1) is 0 Å². The van der Waals surface area contributed by atoms with Gasteiger partial charge in [0.15, 0.2) is 0 Å². The summed E-state index contributed by atoms with van der Waals surface area (Å²) in [5.74, 6) is 0. The number of hydrogen-bond donors (Lipinski definition) is 1. The number of anilines is 1. The molecule has 0 fully saturated rings. The van der Waals surface area contributed by atoms with Crippen LogP contribution < -0.4 is 4.90 Å². The summed E-state index contributed by atoms with van der Waals surface area (Å²) in [6.07, 6.45) is 0. The average molecular weight is 205 g/mol. The second-order valence-corrected chi connectivity index (χ2v) is 5.02. The van der Waals surface area contributed by atoms with Crippen molar-refractivity contribution in [1.29, 1.82) is 0 Å². The highest BCUT2D eigenvalue weighted by Crippen LogP contribution is 2.44. The van der Waals surface area contributed by atoms with Gasteiger partial charge in [-0.2, -0.15) is 0 Å². The van der Waals surface area contributed by atoms with Crippen LogP contribution in [-0.2, 0) is 12.0 Å². The van der Waals surface area contributed by atoms with Crippen molar-refractivity contribution >= 4 is 5.69 Å². The molecule has 0 aromatic heterocycles. The van der Waals surface area contributed by atoms with Gasteiger partial charge >= 0.3 is 0 Å². The van der Waals surface area contributed by atoms with E-state index in [4.69, 9.17) is 5.11 Å². The zero-order valence-electron chi connectivity index (χ0n) is 9.91. The molecule has 0 amide bonds. The first-order valence-electron chi connectivity index (χ1n) is 5.45. The van der Waals surface area contributed by atoms with Gasteiger partial charge in [0.2, 0.25) is 0 Å². The fourth-order valence-corrected chi connectivity index (χ4v) is 2.43. The SMILES string of the molecule is C[C@H]1N(C)c2cc(CO)ccc2C1(C)C. The third kappa shape index (κ3) is 1.36. The summed E-state index contributed by atoms with van der Waals surface area (Å²) in [7, 11) is 2.12. The molecule has 0 saturated carbocycles. The van der Waals surface area contributed by atoms with E-state index in [0.29, 0.717) is 6.04 Å². The minimum atomic E-state index is 0.121. The maximum absolute atomic E-state index is 9.13. The van der Waals surface area contributed by atoms with Gasteiger partial charge in [0.25, 0.3) is 0 Å². The Hall–Kier alpha value is -1.02. The number of nitrogens with zero attached hydrogens (tertiary/aromatic N) is 1. The Bertz CT molecular complexity index is 384. The molecular weight excluding hydrogens is 186 g/mol. The summed E-state index contributed by atoms with van der Waals surface area (Å²) in [5, 5.41) is 9.13. The lowest BCUT2D eigenvalue weighted by molar-refractivity contribution is 0.282. The molecular formula is C13H19NO. The van der Waals surface area contributed by atoms with Crippen molar-refractivity contribution in [2.45, 2.75) is 38.8 Å². The zero-order chi connectivity index (χ0) is 11.2. The molecule has 15 heavy (non-hydrogen) atoms. The molecule has 0 saturated heterocycles. The molecule has 1 aliphatic rings. The number of benzene rings is 1. The fourth-order valence-electron chi connectivity index (χ4n) is 2.43. The molecule has 2 nitrogen and oxygen atoms in total. The quantitative estimate of drug-likeness (QED) is 0.760. The van der Waals surface area contributed by atoms with Crippen LogP contribution in [0.2, 0.25) is 0 Å². The Morgan fingerprint density at radius 3 is 2.67 bits per heavy atom. The fraction of sp³-hybridized carbons (Fsp3) is 0.538. The Kier molecular flexibility index (Phi) is 2.27. The molecule has 1 atom stereocenters. The maximum Gasteiger partial charge on any atom is 0.0682 e. The van der Waals surface area contributed by atoms with Gasteiger partial charge in [0.05, 0.1) is 6.61 Å². The predicted molar refractivity (Wildman–Crippen MR) is 63.3 cm³/mol. The topological polar surface area (TPSA) is 23.5 Å². The normalized spacial score (nSPS) is 23.0. The van der Waals surface area contributed by atoms with Gasteiger partial charge in [-0.05, 0) is 24.1 Å². The number of hydrogen-bond acceptors (Lipinski definition) is 2. The minimum absolute atomic E-state index is 0.121. The molecule has 0 spiro atoms. The van der Waals surface area contributed by atoms with Gasteiger partial charge in [-0.3, -0.25) is 0 Å². The highest BCUT2D eigenvalue weighted by atomic mass is 16.3. The van der Waals surface area contributed by atoms with Crippen LogP contribution in [0.5, 0.6) is 0 Å². The molecule has 1 aliphatic heterocycles. The number of aliphatic hydroxyl groups is 1. The molecule has 1 N–H and O–H groups in total.